The van der Waals surface area contributed by atoms with Gasteiger partial charge >= 0.3 is 0 Å². The van der Waals surface area contributed by atoms with Gasteiger partial charge in [-0.15, -0.1) is 11.6 Å². The van der Waals surface area contributed by atoms with Crippen molar-refractivity contribution >= 4 is 33.5 Å². The van der Waals surface area contributed by atoms with E-state index < -0.39 is 10.3 Å². The molecule has 0 N–H and O–H groups in total. The zero-order valence-electron chi connectivity index (χ0n) is 9.51. The molecule has 0 saturated heterocycles. The van der Waals surface area contributed by atoms with Crippen molar-refractivity contribution < 1.29 is 8.42 Å². The summed E-state index contributed by atoms with van der Waals surface area (Å²) in [7, 11) is -2.67. The fourth-order valence-electron chi connectivity index (χ4n) is 1.78. The van der Waals surface area contributed by atoms with Gasteiger partial charge in [0.15, 0.2) is 4.64 Å². The van der Waals surface area contributed by atoms with Crippen LogP contribution in [0.2, 0.25) is 5.02 Å². The minimum Gasteiger partial charge on any atom is -0.805 e. The Kier molecular flexibility index (Phi) is 4.19. The second-order valence-electron chi connectivity index (χ2n) is 3.73. The van der Waals surface area contributed by atoms with Crippen LogP contribution >= 0.6 is 23.2 Å². The van der Waals surface area contributed by atoms with E-state index in [4.69, 9.17) is 23.2 Å². The van der Waals surface area contributed by atoms with Crippen LogP contribution in [0.25, 0.3) is 11.1 Å². The Hall–Kier alpha value is -1.43. The smallest absolute Gasteiger partial charge is 0.238 e. The summed E-state index contributed by atoms with van der Waals surface area (Å²) in [5, 5.41) is 11.8. The Balaban J connectivity index is 2.95. The Morgan fingerprint density at radius 3 is 2.53 bits per heavy atom. The zero-order valence-corrected chi connectivity index (χ0v) is 11.8. The minimum atomic E-state index is -2.67. The third kappa shape index (κ3) is 2.78. The van der Waals surface area contributed by atoms with Crippen molar-refractivity contribution in [3.63, 3.8) is 0 Å². The lowest BCUT2D eigenvalue weighted by molar-refractivity contribution is 0.623. The molecule has 0 aliphatic carbocycles. The van der Waals surface area contributed by atoms with Crippen LogP contribution < -0.4 is 0 Å². The van der Waals surface area contributed by atoms with E-state index in [2.05, 4.69) is 0 Å². The van der Waals surface area contributed by atoms with Crippen molar-refractivity contribution in [3.8, 4) is 11.1 Å². The van der Waals surface area contributed by atoms with Crippen LogP contribution in [0, 0.1) is 9.85 Å². The van der Waals surface area contributed by atoms with Gasteiger partial charge in [-0.25, -0.2) is 0 Å². The number of rotatable bonds is 2. The van der Waals surface area contributed by atoms with Gasteiger partial charge in [-0.3, -0.25) is 0 Å². The highest BCUT2D eigenvalue weighted by Gasteiger charge is 2.09. The quantitative estimate of drug-likeness (QED) is 0.630. The number of halogens is 2. The molecular formula is C12H8Cl2NO3S-. The molecule has 0 saturated carbocycles. The molecule has 0 aliphatic heterocycles. The minimum absolute atomic E-state index is 0.156. The van der Waals surface area contributed by atoms with Crippen LogP contribution in [0.5, 0.6) is 0 Å². The lowest BCUT2D eigenvalue weighted by Crippen LogP contribution is -1.97. The summed E-state index contributed by atoms with van der Waals surface area (Å²) in [6, 6.07) is 8.41. The third-order valence-corrected chi connectivity index (χ3v) is 3.77. The number of nitrogens with zero attached hydrogens (tertiary/aromatic N) is 1. The molecule has 1 aromatic carbocycles. The molecule has 0 amide bonds. The van der Waals surface area contributed by atoms with Crippen molar-refractivity contribution in [3.05, 3.63) is 57.0 Å². The summed E-state index contributed by atoms with van der Waals surface area (Å²) in [4.78, 5) is 0. The Labute approximate surface area is 120 Å². The first-order valence-corrected chi connectivity index (χ1v) is 7.19. The van der Waals surface area contributed by atoms with Crippen LogP contribution in [0.3, 0.4) is 0 Å². The predicted octanol–water partition coefficient (Wildman–Crippen LogP) is 3.30. The number of pyridine rings is 1. The van der Waals surface area contributed by atoms with Crippen molar-refractivity contribution in [2.45, 2.75) is 5.88 Å². The summed E-state index contributed by atoms with van der Waals surface area (Å²) in [6.45, 7) is 0. The molecule has 0 aliphatic rings. The highest BCUT2D eigenvalue weighted by Crippen LogP contribution is 2.27. The molecule has 0 bridgehead atoms. The van der Waals surface area contributed by atoms with E-state index in [0.717, 1.165) is 11.8 Å². The van der Waals surface area contributed by atoms with Crippen LogP contribution in [0.15, 0.2) is 36.5 Å². The molecule has 0 unspecified atom stereocenters. The van der Waals surface area contributed by atoms with Gasteiger partial charge in [0.2, 0.25) is 10.3 Å². The van der Waals surface area contributed by atoms with Gasteiger partial charge in [0, 0.05) is 17.6 Å². The predicted molar refractivity (Wildman–Crippen MR) is 75.4 cm³/mol. The summed E-state index contributed by atoms with van der Waals surface area (Å²) >= 11 is 11.6. The van der Waals surface area contributed by atoms with E-state index in [1.54, 1.807) is 24.3 Å². The van der Waals surface area contributed by atoms with E-state index >= 15 is 0 Å². The van der Waals surface area contributed by atoms with E-state index in [9.17, 15) is 13.6 Å². The standard InChI is InChI=1S/C12H8Cl2NO3S/c13-6-8-3-1-2-4-10(8)11-5-9(14)7-15(16)12(11)19(17)18/h1-5,7H,6H2/q-1. The Morgan fingerprint density at radius 2 is 1.89 bits per heavy atom. The lowest BCUT2D eigenvalue weighted by atomic mass is 10.0. The van der Waals surface area contributed by atoms with Crippen molar-refractivity contribution in [2.24, 2.45) is 0 Å². The van der Waals surface area contributed by atoms with Gasteiger partial charge in [-0.2, -0.15) is 8.42 Å². The Morgan fingerprint density at radius 1 is 1.21 bits per heavy atom. The lowest BCUT2D eigenvalue weighted by Gasteiger charge is -2.15. The fourth-order valence-corrected chi connectivity index (χ4v) is 2.76. The first-order valence-electron chi connectivity index (χ1n) is 5.21. The average Bonchev–Trinajstić information content (AvgIpc) is 2.37. The Bertz CT molecular complexity index is 789. The maximum Gasteiger partial charge on any atom is 0.238 e. The summed E-state index contributed by atoms with van der Waals surface area (Å²) in [5.74, 6) is 0.201. The van der Waals surface area contributed by atoms with Gasteiger partial charge < -0.3 is 9.94 Å². The third-order valence-electron chi connectivity index (χ3n) is 2.56. The summed E-state index contributed by atoms with van der Waals surface area (Å²) < 4.78 is 22.3. The maximum absolute atomic E-state index is 11.7. The first-order chi connectivity index (χ1) is 9.04. The molecule has 1 aromatic heterocycles. The van der Waals surface area contributed by atoms with Crippen molar-refractivity contribution in [2.75, 3.05) is 0 Å². The normalized spacial score (nSPS) is 10.4. The first kappa shape index (κ1) is 14.0. The summed E-state index contributed by atoms with van der Waals surface area (Å²) in [5.41, 5.74) is 1.54. The number of alkyl halides is 1. The zero-order chi connectivity index (χ0) is 14.0. The highest BCUT2D eigenvalue weighted by atomic mass is 35.5. The molecule has 4 nitrogen and oxygen atoms in total. The maximum atomic E-state index is 11.7. The van der Waals surface area contributed by atoms with E-state index in [0.29, 0.717) is 5.56 Å². The highest BCUT2D eigenvalue weighted by molar-refractivity contribution is 7.63. The van der Waals surface area contributed by atoms with Crippen molar-refractivity contribution in [1.82, 2.24) is 4.73 Å². The molecular weight excluding hydrogens is 309 g/mol. The molecule has 0 radical (unpaired) electrons. The largest absolute Gasteiger partial charge is 0.805 e. The topological polar surface area (TPSA) is 62.1 Å². The van der Waals surface area contributed by atoms with Gasteiger partial charge in [0.25, 0.3) is 0 Å². The van der Waals surface area contributed by atoms with E-state index in [-0.39, 0.29) is 25.8 Å². The molecule has 2 aromatic rings. The molecule has 19 heavy (non-hydrogen) atoms. The van der Waals surface area contributed by atoms with Crippen LogP contribution in [0.1, 0.15) is 5.56 Å². The number of hydrogen-bond donors (Lipinski definition) is 0. The molecule has 0 atom stereocenters. The van der Waals surface area contributed by atoms with Crippen LogP contribution in [0.4, 0.5) is 0 Å². The number of aromatic nitrogens is 1. The number of benzene rings is 1. The molecule has 0 fully saturated rings. The van der Waals surface area contributed by atoms with Crippen LogP contribution in [-0.2, 0) is 16.2 Å². The SMILES string of the molecule is O=S(=O)=c1c(-c2ccccc2CCl)cc(Cl)cn1[O-]. The number of hydrogen-bond acceptors (Lipinski definition) is 3. The fraction of sp³-hybridized carbons (Fsp3) is 0.0833. The second-order valence-corrected chi connectivity index (χ2v) is 5.29. The van der Waals surface area contributed by atoms with E-state index in [1.807, 2.05) is 0 Å². The van der Waals surface area contributed by atoms with Crippen molar-refractivity contribution in [1.29, 1.82) is 0 Å². The van der Waals surface area contributed by atoms with Gasteiger partial charge in [-0.05, 0) is 17.2 Å². The average molecular weight is 317 g/mol. The molecule has 7 heteroatoms. The molecule has 100 valence electrons. The molecule has 0 spiro atoms. The van der Waals surface area contributed by atoms with E-state index in [1.165, 1.54) is 6.07 Å². The monoisotopic (exact) mass is 316 g/mol. The van der Waals surface area contributed by atoms with Gasteiger partial charge in [0.05, 0.1) is 5.02 Å². The van der Waals surface area contributed by atoms with Crippen LogP contribution in [-0.4, -0.2) is 13.1 Å². The van der Waals surface area contributed by atoms with Gasteiger partial charge in [-0.1, -0.05) is 35.9 Å². The molecule has 2 rings (SSSR count). The summed E-state index contributed by atoms with van der Waals surface area (Å²) in [6.07, 6.45) is 1.000. The van der Waals surface area contributed by atoms with Gasteiger partial charge in [0.1, 0.15) is 0 Å². The second kappa shape index (κ2) is 5.69. The molecule has 1 heterocycles.